The van der Waals surface area contributed by atoms with Gasteiger partial charge in [0.15, 0.2) is 0 Å². The Hall–Kier alpha value is -1.44. The SMILES string of the molecule is COCC(=O)N1CCc2[nH]cnc2C12CCN(C[C@H]1CCCNC1)CC2. The molecular formula is C19H31N5O2. The van der Waals surface area contributed by atoms with Crippen LogP contribution in [-0.2, 0) is 21.5 Å². The highest BCUT2D eigenvalue weighted by Crippen LogP contribution is 2.42. The molecule has 1 aromatic rings. The Balaban J connectivity index is 1.49. The monoisotopic (exact) mass is 361 g/mol. The van der Waals surface area contributed by atoms with E-state index < -0.39 is 0 Å². The number of aromatic nitrogens is 2. The lowest BCUT2D eigenvalue weighted by Crippen LogP contribution is -2.59. The summed E-state index contributed by atoms with van der Waals surface area (Å²) in [5.41, 5.74) is 2.04. The van der Waals surface area contributed by atoms with E-state index in [0.717, 1.165) is 63.6 Å². The summed E-state index contributed by atoms with van der Waals surface area (Å²) in [4.78, 5) is 25.3. The molecule has 0 saturated carbocycles. The Morgan fingerprint density at radius 3 is 2.96 bits per heavy atom. The smallest absolute Gasteiger partial charge is 0.249 e. The number of imidazole rings is 1. The first-order chi connectivity index (χ1) is 12.7. The summed E-state index contributed by atoms with van der Waals surface area (Å²) in [6, 6.07) is 0. The van der Waals surface area contributed by atoms with Crippen molar-refractivity contribution in [2.45, 2.75) is 37.6 Å². The average Bonchev–Trinajstić information content (AvgIpc) is 3.15. The fourth-order valence-corrected chi connectivity index (χ4v) is 5.10. The number of rotatable bonds is 4. The summed E-state index contributed by atoms with van der Waals surface area (Å²) in [5, 5.41) is 3.52. The number of fused-ring (bicyclic) bond motifs is 2. The fourth-order valence-electron chi connectivity index (χ4n) is 5.10. The van der Waals surface area contributed by atoms with Gasteiger partial charge >= 0.3 is 0 Å². The predicted octanol–water partition coefficient (Wildman–Crippen LogP) is 0.732. The number of H-pyrrole nitrogens is 1. The molecule has 4 heterocycles. The summed E-state index contributed by atoms with van der Waals surface area (Å²) >= 11 is 0. The first-order valence-electron chi connectivity index (χ1n) is 9.98. The van der Waals surface area contributed by atoms with E-state index in [4.69, 9.17) is 4.74 Å². The van der Waals surface area contributed by atoms with Gasteiger partial charge < -0.3 is 24.8 Å². The van der Waals surface area contributed by atoms with Crippen LogP contribution >= 0.6 is 0 Å². The second-order valence-corrected chi connectivity index (χ2v) is 8.00. The van der Waals surface area contributed by atoms with Gasteiger partial charge in [-0.15, -0.1) is 0 Å². The van der Waals surface area contributed by atoms with Gasteiger partial charge in [-0.2, -0.15) is 0 Å². The third-order valence-corrected chi connectivity index (χ3v) is 6.43. The molecule has 3 aliphatic heterocycles. The Bertz CT molecular complexity index is 617. The topological polar surface area (TPSA) is 73.5 Å². The van der Waals surface area contributed by atoms with Crippen molar-refractivity contribution in [2.24, 2.45) is 5.92 Å². The molecule has 1 amide bonds. The summed E-state index contributed by atoms with van der Waals surface area (Å²) in [6.45, 7) is 6.44. The van der Waals surface area contributed by atoms with Crippen LogP contribution in [0.4, 0.5) is 0 Å². The molecule has 1 aromatic heterocycles. The number of aromatic amines is 1. The number of nitrogens with zero attached hydrogens (tertiary/aromatic N) is 3. The Morgan fingerprint density at radius 1 is 1.38 bits per heavy atom. The van der Waals surface area contributed by atoms with Gasteiger partial charge in [-0.3, -0.25) is 4.79 Å². The number of nitrogens with one attached hydrogen (secondary N) is 2. The van der Waals surface area contributed by atoms with Gasteiger partial charge in [0.1, 0.15) is 6.61 Å². The van der Waals surface area contributed by atoms with E-state index in [9.17, 15) is 4.79 Å². The van der Waals surface area contributed by atoms with Gasteiger partial charge in [0.05, 0.1) is 17.6 Å². The zero-order chi connectivity index (χ0) is 18.0. The highest BCUT2D eigenvalue weighted by Gasteiger charge is 2.48. The lowest BCUT2D eigenvalue weighted by atomic mass is 9.78. The van der Waals surface area contributed by atoms with Crippen molar-refractivity contribution in [3.8, 4) is 0 Å². The van der Waals surface area contributed by atoms with Gasteiger partial charge in [0.25, 0.3) is 0 Å². The van der Waals surface area contributed by atoms with Crippen LogP contribution in [0.15, 0.2) is 6.33 Å². The molecule has 1 spiro atoms. The number of hydrogen-bond acceptors (Lipinski definition) is 5. The summed E-state index contributed by atoms with van der Waals surface area (Å²) in [6.07, 6.45) is 7.18. The molecule has 0 aliphatic carbocycles. The number of hydrogen-bond donors (Lipinski definition) is 2. The Morgan fingerprint density at radius 2 is 2.23 bits per heavy atom. The minimum Gasteiger partial charge on any atom is -0.375 e. The van der Waals surface area contributed by atoms with E-state index in [1.54, 1.807) is 13.4 Å². The van der Waals surface area contributed by atoms with Crippen LogP contribution < -0.4 is 5.32 Å². The molecule has 0 bridgehead atoms. The number of likely N-dealkylation sites (tertiary alicyclic amines) is 1. The molecule has 144 valence electrons. The van der Waals surface area contributed by atoms with Gasteiger partial charge in [-0.1, -0.05) is 0 Å². The van der Waals surface area contributed by atoms with Crippen LogP contribution in [0.2, 0.25) is 0 Å². The minimum atomic E-state index is -0.259. The second kappa shape index (κ2) is 7.66. The molecule has 2 N–H and O–H groups in total. The van der Waals surface area contributed by atoms with Crippen molar-refractivity contribution in [1.29, 1.82) is 0 Å². The molecule has 4 rings (SSSR count). The quantitative estimate of drug-likeness (QED) is 0.827. The average molecular weight is 361 g/mol. The molecule has 2 fully saturated rings. The van der Waals surface area contributed by atoms with Crippen molar-refractivity contribution in [2.75, 3.05) is 53.0 Å². The lowest BCUT2D eigenvalue weighted by Gasteiger charge is -2.50. The van der Waals surface area contributed by atoms with Crippen molar-refractivity contribution in [1.82, 2.24) is 25.1 Å². The molecule has 7 nitrogen and oxygen atoms in total. The minimum absolute atomic E-state index is 0.0890. The number of carbonyl (C=O) groups excluding carboxylic acids is 1. The van der Waals surface area contributed by atoms with Crippen molar-refractivity contribution in [3.05, 3.63) is 17.7 Å². The lowest BCUT2D eigenvalue weighted by molar-refractivity contribution is -0.146. The largest absolute Gasteiger partial charge is 0.375 e. The first kappa shape index (κ1) is 17.9. The van der Waals surface area contributed by atoms with E-state index in [1.807, 2.05) is 0 Å². The van der Waals surface area contributed by atoms with Crippen LogP contribution in [0.3, 0.4) is 0 Å². The maximum Gasteiger partial charge on any atom is 0.249 e. The highest BCUT2D eigenvalue weighted by atomic mass is 16.5. The van der Waals surface area contributed by atoms with Crippen LogP contribution in [0, 0.1) is 5.92 Å². The number of amides is 1. The zero-order valence-corrected chi connectivity index (χ0v) is 15.8. The normalized spacial score (nSPS) is 26.0. The number of piperidine rings is 2. The van der Waals surface area contributed by atoms with E-state index in [0.29, 0.717) is 0 Å². The molecule has 7 heteroatoms. The molecule has 3 aliphatic rings. The van der Waals surface area contributed by atoms with E-state index in [-0.39, 0.29) is 18.1 Å². The summed E-state index contributed by atoms with van der Waals surface area (Å²) in [5.74, 6) is 0.849. The van der Waals surface area contributed by atoms with E-state index >= 15 is 0 Å². The molecule has 0 aromatic carbocycles. The van der Waals surface area contributed by atoms with Gasteiger partial charge in [-0.05, 0) is 44.7 Å². The van der Waals surface area contributed by atoms with E-state index in [2.05, 4.69) is 25.1 Å². The predicted molar refractivity (Wildman–Crippen MR) is 98.8 cm³/mol. The number of carbonyl (C=O) groups is 1. The summed E-state index contributed by atoms with van der Waals surface area (Å²) in [7, 11) is 1.59. The molecule has 0 radical (unpaired) electrons. The molecule has 1 atom stereocenters. The van der Waals surface area contributed by atoms with Crippen LogP contribution in [0.5, 0.6) is 0 Å². The first-order valence-corrected chi connectivity index (χ1v) is 9.98. The summed E-state index contributed by atoms with van der Waals surface area (Å²) < 4.78 is 5.15. The molecule has 26 heavy (non-hydrogen) atoms. The maximum atomic E-state index is 12.7. The van der Waals surface area contributed by atoms with Crippen molar-refractivity contribution < 1.29 is 9.53 Å². The standard InChI is InChI=1S/C19H31N5O2/c1-26-13-17(25)24-8-4-16-18(22-14-21-16)19(24)5-9-23(10-6-19)12-15-3-2-7-20-11-15/h14-15,20H,2-13H2,1H3,(H,21,22)/t15-/m0/s1. The maximum absolute atomic E-state index is 12.7. The molecule has 2 saturated heterocycles. The number of methoxy groups -OCH3 is 1. The third-order valence-electron chi connectivity index (χ3n) is 6.43. The Labute approximate surface area is 155 Å². The van der Waals surface area contributed by atoms with Crippen LogP contribution in [-0.4, -0.2) is 78.7 Å². The van der Waals surface area contributed by atoms with Gasteiger partial charge in [-0.25, -0.2) is 4.98 Å². The van der Waals surface area contributed by atoms with Gasteiger partial charge in [0, 0.05) is 45.4 Å². The second-order valence-electron chi connectivity index (χ2n) is 8.00. The molecule has 0 unspecified atom stereocenters. The zero-order valence-electron chi connectivity index (χ0n) is 15.8. The third kappa shape index (κ3) is 3.28. The van der Waals surface area contributed by atoms with Crippen molar-refractivity contribution in [3.63, 3.8) is 0 Å². The van der Waals surface area contributed by atoms with Crippen LogP contribution in [0.1, 0.15) is 37.1 Å². The van der Waals surface area contributed by atoms with Crippen LogP contribution in [0.25, 0.3) is 0 Å². The van der Waals surface area contributed by atoms with Crippen molar-refractivity contribution >= 4 is 5.91 Å². The van der Waals surface area contributed by atoms with Gasteiger partial charge in [0.2, 0.25) is 5.91 Å². The number of ether oxygens (including phenoxy) is 1. The molecular weight excluding hydrogens is 330 g/mol. The highest BCUT2D eigenvalue weighted by molar-refractivity contribution is 5.79. The van der Waals surface area contributed by atoms with E-state index in [1.165, 1.54) is 25.1 Å². The Kier molecular flexibility index (Phi) is 5.29. The fraction of sp³-hybridized carbons (Fsp3) is 0.789.